The van der Waals surface area contributed by atoms with Crippen LogP contribution in [0.5, 0.6) is 0 Å². The molecule has 0 saturated heterocycles. The molecule has 1 atom stereocenters. The zero-order valence-corrected chi connectivity index (χ0v) is 9.89. The number of allylic oxidation sites excluding steroid dienone is 4. The summed E-state index contributed by atoms with van der Waals surface area (Å²) >= 11 is 0. The van der Waals surface area contributed by atoms with Crippen LogP contribution in [0.25, 0.3) is 5.57 Å². The van der Waals surface area contributed by atoms with Crippen LogP contribution >= 0.6 is 0 Å². The molecule has 1 nitrogen and oxygen atoms in total. The van der Waals surface area contributed by atoms with Gasteiger partial charge in [-0.2, -0.15) is 0 Å². The Bertz CT molecular complexity index is 374. The molecule has 16 heavy (non-hydrogen) atoms. The predicted octanol–water partition coefficient (Wildman–Crippen LogP) is 3.87. The Morgan fingerprint density at radius 1 is 1.31 bits per heavy atom. The van der Waals surface area contributed by atoms with Gasteiger partial charge in [0.25, 0.3) is 0 Å². The summed E-state index contributed by atoms with van der Waals surface area (Å²) in [6, 6.07) is 10.1. The van der Waals surface area contributed by atoms with Crippen molar-refractivity contribution in [2.75, 3.05) is 0 Å². The van der Waals surface area contributed by atoms with Crippen molar-refractivity contribution in [3.63, 3.8) is 0 Å². The summed E-state index contributed by atoms with van der Waals surface area (Å²) in [5.74, 6) is 0.520. The average Bonchev–Trinajstić information content (AvgIpc) is 2.35. The lowest BCUT2D eigenvalue weighted by Gasteiger charge is -2.06. The van der Waals surface area contributed by atoms with Crippen molar-refractivity contribution in [1.82, 2.24) is 0 Å². The summed E-state index contributed by atoms with van der Waals surface area (Å²) in [6.45, 7) is 4.34. The van der Waals surface area contributed by atoms with E-state index in [9.17, 15) is 4.79 Å². The highest BCUT2D eigenvalue weighted by Gasteiger charge is 1.99. The second-order valence-corrected chi connectivity index (χ2v) is 3.87. The predicted molar refractivity (Wildman–Crippen MR) is 69.1 cm³/mol. The Balaban J connectivity index is 3.01. The van der Waals surface area contributed by atoms with Gasteiger partial charge < -0.3 is 0 Å². The van der Waals surface area contributed by atoms with Gasteiger partial charge in [-0.05, 0) is 23.1 Å². The van der Waals surface area contributed by atoms with Crippen LogP contribution in [0.2, 0.25) is 0 Å². The molecule has 1 rings (SSSR count). The molecule has 0 aliphatic rings. The Morgan fingerprint density at radius 2 is 2.00 bits per heavy atom. The molecule has 0 N–H and O–H groups in total. The van der Waals surface area contributed by atoms with Gasteiger partial charge in [0.1, 0.15) is 6.29 Å². The summed E-state index contributed by atoms with van der Waals surface area (Å²) < 4.78 is 0. The first-order valence-corrected chi connectivity index (χ1v) is 5.67. The molecule has 1 aromatic carbocycles. The van der Waals surface area contributed by atoms with Gasteiger partial charge in [0.15, 0.2) is 0 Å². The fourth-order valence-corrected chi connectivity index (χ4v) is 1.45. The van der Waals surface area contributed by atoms with E-state index in [1.165, 1.54) is 0 Å². The molecule has 0 heterocycles. The smallest absolute Gasteiger partial charge is 0.142 e. The second kappa shape index (κ2) is 6.78. The van der Waals surface area contributed by atoms with Gasteiger partial charge in [0.05, 0.1) is 0 Å². The largest absolute Gasteiger partial charge is 0.299 e. The normalized spacial score (nSPS) is 14.0. The first-order chi connectivity index (χ1) is 7.77. The quantitative estimate of drug-likeness (QED) is 0.413. The van der Waals surface area contributed by atoms with E-state index in [-0.39, 0.29) is 0 Å². The molecule has 1 heteroatoms. The van der Waals surface area contributed by atoms with Crippen molar-refractivity contribution in [2.24, 2.45) is 5.92 Å². The van der Waals surface area contributed by atoms with Gasteiger partial charge in [-0.15, -0.1) is 0 Å². The van der Waals surface area contributed by atoms with Gasteiger partial charge in [-0.3, -0.25) is 4.79 Å². The number of carbonyl (C=O) groups excluding carboxylic acids is 1. The van der Waals surface area contributed by atoms with Crippen molar-refractivity contribution >= 4 is 11.9 Å². The molecular formula is C15H18O. The summed E-state index contributed by atoms with van der Waals surface area (Å²) in [4.78, 5) is 10.4. The Morgan fingerprint density at radius 3 is 2.56 bits per heavy atom. The van der Waals surface area contributed by atoms with Crippen LogP contribution in [0.4, 0.5) is 0 Å². The zero-order valence-electron chi connectivity index (χ0n) is 9.89. The maximum absolute atomic E-state index is 10.4. The highest BCUT2D eigenvalue weighted by atomic mass is 16.1. The summed E-state index contributed by atoms with van der Waals surface area (Å²) in [6.07, 6.45) is 7.53. The SMILES string of the molecule is CCC(C)C=C(/C=C\C=O)c1ccccc1. The van der Waals surface area contributed by atoms with Crippen LogP contribution in [-0.2, 0) is 4.79 Å². The van der Waals surface area contributed by atoms with E-state index in [0.29, 0.717) is 5.92 Å². The molecule has 1 unspecified atom stereocenters. The molecule has 84 valence electrons. The van der Waals surface area contributed by atoms with E-state index in [4.69, 9.17) is 0 Å². The molecule has 0 fully saturated rings. The van der Waals surface area contributed by atoms with E-state index in [2.05, 4.69) is 32.1 Å². The van der Waals surface area contributed by atoms with Gasteiger partial charge in [-0.1, -0.05) is 62.8 Å². The van der Waals surface area contributed by atoms with E-state index < -0.39 is 0 Å². The van der Waals surface area contributed by atoms with E-state index >= 15 is 0 Å². The molecule has 0 saturated carbocycles. The van der Waals surface area contributed by atoms with Crippen molar-refractivity contribution < 1.29 is 4.79 Å². The topological polar surface area (TPSA) is 17.1 Å². The highest BCUT2D eigenvalue weighted by molar-refractivity contribution is 5.79. The minimum Gasteiger partial charge on any atom is -0.299 e. The van der Waals surface area contributed by atoms with Gasteiger partial charge >= 0.3 is 0 Å². The lowest BCUT2D eigenvalue weighted by Crippen LogP contribution is -1.89. The zero-order chi connectivity index (χ0) is 11.8. The van der Waals surface area contributed by atoms with Crippen LogP contribution in [-0.4, -0.2) is 6.29 Å². The number of rotatable bonds is 5. The fraction of sp³-hybridized carbons (Fsp3) is 0.267. The van der Waals surface area contributed by atoms with Crippen molar-refractivity contribution in [1.29, 1.82) is 0 Å². The summed E-state index contributed by atoms with van der Waals surface area (Å²) in [7, 11) is 0. The molecule has 0 radical (unpaired) electrons. The van der Waals surface area contributed by atoms with Crippen LogP contribution in [0, 0.1) is 5.92 Å². The van der Waals surface area contributed by atoms with Crippen LogP contribution in [0.3, 0.4) is 0 Å². The maximum atomic E-state index is 10.4. The first-order valence-electron chi connectivity index (χ1n) is 5.67. The minimum absolute atomic E-state index is 0.520. The lowest BCUT2D eigenvalue weighted by molar-refractivity contribution is -0.104. The monoisotopic (exact) mass is 214 g/mol. The van der Waals surface area contributed by atoms with Crippen LogP contribution in [0.1, 0.15) is 25.8 Å². The maximum Gasteiger partial charge on any atom is 0.142 e. The standard InChI is InChI=1S/C15H18O/c1-3-13(2)12-15(10-7-11-16)14-8-5-4-6-9-14/h4-13H,3H2,1-2H3/b10-7-,15-12?. The second-order valence-electron chi connectivity index (χ2n) is 3.87. The Labute approximate surface area is 97.5 Å². The lowest BCUT2D eigenvalue weighted by atomic mass is 9.99. The van der Waals surface area contributed by atoms with Crippen LogP contribution < -0.4 is 0 Å². The molecule has 0 spiro atoms. The van der Waals surface area contributed by atoms with E-state index in [1.807, 2.05) is 24.3 Å². The number of benzene rings is 1. The van der Waals surface area contributed by atoms with E-state index in [1.54, 1.807) is 6.08 Å². The van der Waals surface area contributed by atoms with Gasteiger partial charge in [0, 0.05) is 0 Å². The molecule has 0 bridgehead atoms. The fourth-order valence-electron chi connectivity index (χ4n) is 1.45. The highest BCUT2D eigenvalue weighted by Crippen LogP contribution is 2.19. The molecule has 0 aromatic heterocycles. The average molecular weight is 214 g/mol. The summed E-state index contributed by atoms with van der Waals surface area (Å²) in [5.41, 5.74) is 2.27. The number of hydrogen-bond acceptors (Lipinski definition) is 1. The Kier molecular flexibility index (Phi) is 5.27. The van der Waals surface area contributed by atoms with Crippen molar-refractivity contribution in [2.45, 2.75) is 20.3 Å². The van der Waals surface area contributed by atoms with E-state index in [0.717, 1.165) is 23.8 Å². The minimum atomic E-state index is 0.520. The van der Waals surface area contributed by atoms with Gasteiger partial charge in [0.2, 0.25) is 0 Å². The number of carbonyl (C=O) groups is 1. The molecule has 1 aromatic rings. The third-order valence-electron chi connectivity index (χ3n) is 2.57. The Hall–Kier alpha value is -1.63. The third-order valence-corrected chi connectivity index (χ3v) is 2.57. The molecule has 0 aliphatic heterocycles. The number of hydrogen-bond donors (Lipinski definition) is 0. The molecule has 0 amide bonds. The van der Waals surface area contributed by atoms with Crippen molar-refractivity contribution in [3.8, 4) is 0 Å². The summed E-state index contributed by atoms with van der Waals surface area (Å²) in [5, 5.41) is 0. The van der Waals surface area contributed by atoms with Crippen LogP contribution in [0.15, 0.2) is 48.6 Å². The molecular weight excluding hydrogens is 196 g/mol. The first kappa shape index (κ1) is 12.4. The van der Waals surface area contributed by atoms with Gasteiger partial charge in [-0.25, -0.2) is 0 Å². The number of aldehydes is 1. The third kappa shape index (κ3) is 3.85. The van der Waals surface area contributed by atoms with Crippen molar-refractivity contribution in [3.05, 3.63) is 54.1 Å². The molecule has 0 aliphatic carbocycles.